The van der Waals surface area contributed by atoms with Crippen molar-refractivity contribution in [1.82, 2.24) is 4.98 Å². The van der Waals surface area contributed by atoms with Crippen molar-refractivity contribution in [3.63, 3.8) is 0 Å². The van der Waals surface area contributed by atoms with Crippen molar-refractivity contribution < 1.29 is 9.53 Å². The van der Waals surface area contributed by atoms with Crippen molar-refractivity contribution in [3.05, 3.63) is 82.8 Å². The third-order valence-corrected chi connectivity index (χ3v) is 3.62. The van der Waals surface area contributed by atoms with Crippen LogP contribution in [0.3, 0.4) is 0 Å². The Morgan fingerprint density at radius 1 is 1.00 bits per heavy atom. The van der Waals surface area contributed by atoms with Gasteiger partial charge in [-0.25, -0.2) is 0 Å². The van der Waals surface area contributed by atoms with Gasteiger partial charge in [0.15, 0.2) is 0 Å². The Balaban J connectivity index is 1.96. The minimum absolute atomic E-state index is 0.0829. The molecule has 24 heavy (non-hydrogen) atoms. The number of aromatic nitrogens is 1. The maximum absolute atomic E-state index is 12.6. The van der Waals surface area contributed by atoms with Crippen LogP contribution in [0.1, 0.15) is 10.4 Å². The monoisotopic (exact) mass is 320 g/mol. The quantitative estimate of drug-likeness (QED) is 0.775. The van der Waals surface area contributed by atoms with Crippen molar-refractivity contribution >= 4 is 11.6 Å². The minimum atomic E-state index is -0.458. The zero-order valence-electron chi connectivity index (χ0n) is 13.1. The Morgan fingerprint density at radius 2 is 1.71 bits per heavy atom. The lowest BCUT2D eigenvalue weighted by molar-refractivity contribution is 0.102. The van der Waals surface area contributed by atoms with E-state index in [0.29, 0.717) is 17.0 Å². The number of ether oxygens (including phenoxy) is 1. The number of carbonyl (C=O) groups excluding carboxylic acids is 1. The van der Waals surface area contributed by atoms with Crippen LogP contribution in [0, 0.1) is 0 Å². The van der Waals surface area contributed by atoms with E-state index >= 15 is 0 Å². The number of hydrogen-bond acceptors (Lipinski definition) is 3. The molecule has 0 saturated carbocycles. The summed E-state index contributed by atoms with van der Waals surface area (Å²) in [5, 5.41) is 2.75. The molecule has 0 aliphatic rings. The van der Waals surface area contributed by atoms with Crippen molar-refractivity contribution in [3.8, 4) is 16.9 Å². The second kappa shape index (κ2) is 6.83. The summed E-state index contributed by atoms with van der Waals surface area (Å²) >= 11 is 0. The standard InChI is InChI=1S/C19H16N2O3/c1-24-15-9-7-14(8-10-15)21-19(23)17-16(11-12-20-18(17)22)13-5-3-2-4-6-13/h2-12H,1H3,(H,20,22)(H,21,23). The molecule has 2 aromatic carbocycles. The van der Waals surface area contributed by atoms with Gasteiger partial charge < -0.3 is 15.0 Å². The maximum atomic E-state index is 12.6. The zero-order valence-corrected chi connectivity index (χ0v) is 13.1. The molecule has 3 aromatic rings. The summed E-state index contributed by atoms with van der Waals surface area (Å²) < 4.78 is 5.09. The van der Waals surface area contributed by atoms with E-state index in [1.165, 1.54) is 6.20 Å². The van der Waals surface area contributed by atoms with E-state index in [2.05, 4.69) is 10.3 Å². The van der Waals surface area contributed by atoms with E-state index in [4.69, 9.17) is 4.74 Å². The Labute approximate surface area is 138 Å². The van der Waals surface area contributed by atoms with Gasteiger partial charge in [-0.3, -0.25) is 9.59 Å². The molecule has 5 nitrogen and oxygen atoms in total. The molecule has 120 valence electrons. The molecule has 0 fully saturated rings. The van der Waals surface area contributed by atoms with E-state index in [9.17, 15) is 9.59 Å². The van der Waals surface area contributed by atoms with Gasteiger partial charge in [0.2, 0.25) is 0 Å². The highest BCUT2D eigenvalue weighted by molar-refractivity contribution is 6.08. The first-order valence-corrected chi connectivity index (χ1v) is 7.41. The number of methoxy groups -OCH3 is 1. The molecule has 0 unspecified atom stereocenters. The van der Waals surface area contributed by atoms with Gasteiger partial charge in [-0.05, 0) is 35.9 Å². The molecule has 0 aliphatic heterocycles. The van der Waals surface area contributed by atoms with Gasteiger partial charge in [-0.2, -0.15) is 0 Å². The number of hydrogen-bond donors (Lipinski definition) is 2. The molecular formula is C19H16N2O3. The molecule has 0 saturated heterocycles. The van der Waals surface area contributed by atoms with Gasteiger partial charge >= 0.3 is 0 Å². The second-order valence-corrected chi connectivity index (χ2v) is 5.14. The Morgan fingerprint density at radius 3 is 2.38 bits per heavy atom. The summed E-state index contributed by atoms with van der Waals surface area (Å²) in [6, 6.07) is 18.0. The highest BCUT2D eigenvalue weighted by Crippen LogP contribution is 2.22. The number of amides is 1. The zero-order chi connectivity index (χ0) is 16.9. The second-order valence-electron chi connectivity index (χ2n) is 5.14. The Kier molecular flexibility index (Phi) is 4.43. The molecule has 0 radical (unpaired) electrons. The fourth-order valence-electron chi connectivity index (χ4n) is 2.43. The number of carbonyl (C=O) groups is 1. The summed E-state index contributed by atoms with van der Waals surface area (Å²) in [4.78, 5) is 27.4. The lowest BCUT2D eigenvalue weighted by Crippen LogP contribution is -2.24. The van der Waals surface area contributed by atoms with E-state index in [-0.39, 0.29) is 5.56 Å². The lowest BCUT2D eigenvalue weighted by atomic mass is 10.0. The molecule has 0 atom stereocenters. The predicted molar refractivity (Wildman–Crippen MR) is 93.4 cm³/mol. The summed E-state index contributed by atoms with van der Waals surface area (Å²) in [5.41, 5.74) is 1.64. The third-order valence-electron chi connectivity index (χ3n) is 3.62. The number of rotatable bonds is 4. The molecule has 0 bridgehead atoms. The van der Waals surface area contributed by atoms with Crippen LogP contribution in [-0.2, 0) is 0 Å². The molecule has 1 heterocycles. The normalized spacial score (nSPS) is 10.2. The fourth-order valence-corrected chi connectivity index (χ4v) is 2.43. The van der Waals surface area contributed by atoms with Crippen LogP contribution in [0.15, 0.2) is 71.7 Å². The first-order chi connectivity index (χ1) is 11.7. The van der Waals surface area contributed by atoms with Gasteiger partial charge in [0.05, 0.1) is 7.11 Å². The summed E-state index contributed by atoms with van der Waals surface area (Å²) in [6.07, 6.45) is 1.54. The molecule has 0 aliphatic carbocycles. The van der Waals surface area contributed by atoms with Crippen LogP contribution in [0.4, 0.5) is 5.69 Å². The highest BCUT2D eigenvalue weighted by Gasteiger charge is 2.17. The first kappa shape index (κ1) is 15.6. The van der Waals surface area contributed by atoms with E-state index < -0.39 is 11.5 Å². The number of anilines is 1. The van der Waals surface area contributed by atoms with Crippen molar-refractivity contribution in [1.29, 1.82) is 0 Å². The third kappa shape index (κ3) is 3.20. The fraction of sp³-hybridized carbons (Fsp3) is 0.0526. The highest BCUT2D eigenvalue weighted by atomic mass is 16.5. The predicted octanol–water partition coefficient (Wildman–Crippen LogP) is 3.30. The number of pyridine rings is 1. The van der Waals surface area contributed by atoms with E-state index in [1.54, 1.807) is 37.4 Å². The number of aromatic amines is 1. The average molecular weight is 320 g/mol. The van der Waals surface area contributed by atoms with Gasteiger partial charge in [0.1, 0.15) is 11.3 Å². The van der Waals surface area contributed by atoms with Gasteiger partial charge in [0.25, 0.3) is 11.5 Å². The Bertz CT molecular complexity index is 900. The van der Waals surface area contributed by atoms with E-state index in [1.807, 2.05) is 30.3 Å². The molecule has 2 N–H and O–H groups in total. The molecule has 3 rings (SSSR count). The van der Waals surface area contributed by atoms with Crippen molar-refractivity contribution in [2.24, 2.45) is 0 Å². The molecule has 5 heteroatoms. The van der Waals surface area contributed by atoms with Crippen LogP contribution >= 0.6 is 0 Å². The smallest absolute Gasteiger partial charge is 0.261 e. The van der Waals surface area contributed by atoms with Crippen LogP contribution in [0.5, 0.6) is 5.75 Å². The average Bonchev–Trinajstić information content (AvgIpc) is 2.62. The van der Waals surface area contributed by atoms with Crippen molar-refractivity contribution in [2.45, 2.75) is 0 Å². The number of H-pyrrole nitrogens is 1. The molecule has 0 spiro atoms. The lowest BCUT2D eigenvalue weighted by Gasteiger charge is -2.10. The molecule has 1 aromatic heterocycles. The van der Waals surface area contributed by atoms with Crippen LogP contribution in [-0.4, -0.2) is 18.0 Å². The molecule has 1 amide bonds. The van der Waals surface area contributed by atoms with Crippen LogP contribution in [0.2, 0.25) is 0 Å². The summed E-state index contributed by atoms with van der Waals surface area (Å²) in [6.45, 7) is 0. The van der Waals surface area contributed by atoms with Crippen LogP contribution in [0.25, 0.3) is 11.1 Å². The maximum Gasteiger partial charge on any atom is 0.261 e. The van der Waals surface area contributed by atoms with Crippen LogP contribution < -0.4 is 15.6 Å². The van der Waals surface area contributed by atoms with Crippen molar-refractivity contribution in [2.75, 3.05) is 12.4 Å². The Hall–Kier alpha value is -3.34. The van der Waals surface area contributed by atoms with Gasteiger partial charge in [0, 0.05) is 17.4 Å². The molecular weight excluding hydrogens is 304 g/mol. The largest absolute Gasteiger partial charge is 0.497 e. The summed E-state index contributed by atoms with van der Waals surface area (Å²) in [5.74, 6) is 0.233. The van der Waals surface area contributed by atoms with Gasteiger partial charge in [-0.15, -0.1) is 0 Å². The summed E-state index contributed by atoms with van der Waals surface area (Å²) in [7, 11) is 1.57. The first-order valence-electron chi connectivity index (χ1n) is 7.41. The number of nitrogens with one attached hydrogen (secondary N) is 2. The SMILES string of the molecule is COc1ccc(NC(=O)c2c(-c3ccccc3)cc[nH]c2=O)cc1. The topological polar surface area (TPSA) is 71.2 Å². The van der Waals surface area contributed by atoms with E-state index in [0.717, 1.165) is 5.56 Å². The van der Waals surface area contributed by atoms with Gasteiger partial charge in [-0.1, -0.05) is 30.3 Å². The minimum Gasteiger partial charge on any atom is -0.497 e. The number of benzene rings is 2.